The molecule has 0 saturated carbocycles. The molecule has 18 heavy (non-hydrogen) atoms. The van der Waals surface area contributed by atoms with Gasteiger partial charge in [0, 0.05) is 4.88 Å². The Morgan fingerprint density at radius 3 is 2.33 bits per heavy atom. The summed E-state index contributed by atoms with van der Waals surface area (Å²) in [5.41, 5.74) is 7.24. The zero-order chi connectivity index (χ0) is 13.1. The van der Waals surface area contributed by atoms with Crippen LogP contribution in [0.3, 0.4) is 0 Å². The predicted octanol–water partition coefficient (Wildman–Crippen LogP) is 4.24. The number of rotatable bonds is 4. The van der Waals surface area contributed by atoms with Crippen molar-refractivity contribution in [3.63, 3.8) is 0 Å². The maximum Gasteiger partial charge on any atom is 0.119 e. The summed E-state index contributed by atoms with van der Waals surface area (Å²) in [6.07, 6.45) is 0.177. The van der Waals surface area contributed by atoms with Gasteiger partial charge in [-0.15, -0.1) is 11.3 Å². The number of ether oxygens (including phenoxy) is 1. The molecule has 0 amide bonds. The maximum absolute atomic E-state index is 6.20. The Bertz CT molecular complexity index is 507. The van der Waals surface area contributed by atoms with E-state index in [1.165, 1.54) is 0 Å². The van der Waals surface area contributed by atoms with E-state index < -0.39 is 0 Å². The third-order valence-corrected chi connectivity index (χ3v) is 3.98. The molecule has 0 radical (unpaired) electrons. The lowest BCUT2D eigenvalue weighted by Gasteiger charge is -2.13. The van der Waals surface area contributed by atoms with E-state index in [1.54, 1.807) is 11.3 Å². The summed E-state index contributed by atoms with van der Waals surface area (Å²) in [5, 5.41) is 2.68. The van der Waals surface area contributed by atoms with Crippen molar-refractivity contribution in [2.75, 3.05) is 0 Å². The van der Waals surface area contributed by atoms with E-state index >= 15 is 0 Å². The van der Waals surface area contributed by atoms with Crippen molar-refractivity contribution in [2.45, 2.75) is 26.0 Å². The van der Waals surface area contributed by atoms with Crippen LogP contribution in [0.4, 0.5) is 0 Å². The van der Waals surface area contributed by atoms with Crippen molar-refractivity contribution in [3.8, 4) is 5.75 Å². The molecule has 0 aliphatic rings. The molecule has 0 bridgehead atoms. The Balaban J connectivity index is 2.17. The lowest BCUT2D eigenvalue weighted by molar-refractivity contribution is 0.242. The highest BCUT2D eigenvalue weighted by Crippen LogP contribution is 2.31. The molecule has 1 aromatic carbocycles. The standard InChI is InChI=1S/C14H16ClNOS/c1-9(2)17-11-5-3-10(4-6-11)13(16)14-12(15)7-8-18-14/h3-9,13H,16H2,1-2H3. The van der Waals surface area contributed by atoms with Gasteiger partial charge in [-0.3, -0.25) is 0 Å². The van der Waals surface area contributed by atoms with E-state index in [0.29, 0.717) is 0 Å². The van der Waals surface area contributed by atoms with Crippen LogP contribution in [0.2, 0.25) is 5.02 Å². The summed E-state index contributed by atoms with van der Waals surface area (Å²) in [6, 6.07) is 9.55. The summed E-state index contributed by atoms with van der Waals surface area (Å²) in [4.78, 5) is 0.995. The van der Waals surface area contributed by atoms with Gasteiger partial charge < -0.3 is 10.5 Å². The van der Waals surface area contributed by atoms with Gasteiger partial charge in [0.05, 0.1) is 17.2 Å². The molecule has 2 nitrogen and oxygen atoms in total. The van der Waals surface area contributed by atoms with Gasteiger partial charge in [0.1, 0.15) is 5.75 Å². The van der Waals surface area contributed by atoms with Gasteiger partial charge in [0.2, 0.25) is 0 Å². The SMILES string of the molecule is CC(C)Oc1ccc(C(N)c2sccc2Cl)cc1. The lowest BCUT2D eigenvalue weighted by atomic mass is 10.1. The molecule has 1 heterocycles. The molecule has 1 aromatic heterocycles. The maximum atomic E-state index is 6.20. The lowest BCUT2D eigenvalue weighted by Crippen LogP contribution is -2.11. The van der Waals surface area contributed by atoms with Gasteiger partial charge in [0.15, 0.2) is 0 Å². The second kappa shape index (κ2) is 5.74. The van der Waals surface area contributed by atoms with Gasteiger partial charge in [-0.1, -0.05) is 23.7 Å². The van der Waals surface area contributed by atoms with E-state index in [-0.39, 0.29) is 12.1 Å². The molecule has 0 aliphatic heterocycles. The smallest absolute Gasteiger partial charge is 0.119 e. The third kappa shape index (κ3) is 3.05. The fourth-order valence-electron chi connectivity index (χ4n) is 1.70. The van der Waals surface area contributed by atoms with Crippen molar-refractivity contribution in [1.29, 1.82) is 0 Å². The largest absolute Gasteiger partial charge is 0.491 e. The second-order valence-corrected chi connectivity index (χ2v) is 5.70. The van der Waals surface area contributed by atoms with Crippen molar-refractivity contribution in [3.05, 3.63) is 51.2 Å². The molecular formula is C14H16ClNOS. The molecular weight excluding hydrogens is 266 g/mol. The molecule has 2 rings (SSSR count). The van der Waals surface area contributed by atoms with Crippen LogP contribution < -0.4 is 10.5 Å². The number of nitrogens with two attached hydrogens (primary N) is 1. The predicted molar refractivity (Wildman–Crippen MR) is 77.6 cm³/mol. The van der Waals surface area contributed by atoms with Crippen molar-refractivity contribution in [2.24, 2.45) is 5.73 Å². The molecule has 1 atom stereocenters. The van der Waals surface area contributed by atoms with Crippen LogP contribution in [0.1, 0.15) is 30.3 Å². The van der Waals surface area contributed by atoms with Crippen LogP contribution in [0, 0.1) is 0 Å². The van der Waals surface area contributed by atoms with Gasteiger partial charge >= 0.3 is 0 Å². The topological polar surface area (TPSA) is 35.2 Å². The number of thiophene rings is 1. The average Bonchev–Trinajstić information content (AvgIpc) is 2.75. The van der Waals surface area contributed by atoms with E-state index in [4.69, 9.17) is 22.1 Å². The number of halogens is 1. The average molecular weight is 282 g/mol. The Morgan fingerprint density at radius 1 is 1.17 bits per heavy atom. The summed E-state index contributed by atoms with van der Waals surface area (Å²) < 4.78 is 5.60. The Kier molecular flexibility index (Phi) is 4.27. The quantitative estimate of drug-likeness (QED) is 0.910. The van der Waals surface area contributed by atoms with E-state index in [2.05, 4.69) is 0 Å². The van der Waals surface area contributed by atoms with Crippen molar-refractivity contribution < 1.29 is 4.74 Å². The highest BCUT2D eigenvalue weighted by Gasteiger charge is 2.13. The van der Waals surface area contributed by atoms with Crippen LogP contribution in [-0.4, -0.2) is 6.10 Å². The molecule has 2 N–H and O–H groups in total. The molecule has 0 fully saturated rings. The van der Waals surface area contributed by atoms with E-state index in [0.717, 1.165) is 21.2 Å². The molecule has 0 aliphatic carbocycles. The fourth-order valence-corrected chi connectivity index (χ4v) is 2.91. The van der Waals surface area contributed by atoms with Crippen LogP contribution in [0.5, 0.6) is 5.75 Å². The Hall–Kier alpha value is -1.03. The van der Waals surface area contributed by atoms with Crippen LogP contribution in [0.25, 0.3) is 0 Å². The molecule has 0 spiro atoms. The molecule has 96 valence electrons. The Labute approximate surface area is 116 Å². The van der Waals surface area contributed by atoms with Crippen LogP contribution >= 0.6 is 22.9 Å². The molecule has 1 unspecified atom stereocenters. The minimum absolute atomic E-state index is 0.175. The minimum Gasteiger partial charge on any atom is -0.491 e. The fraction of sp³-hybridized carbons (Fsp3) is 0.286. The molecule has 2 aromatic rings. The second-order valence-electron chi connectivity index (χ2n) is 4.35. The molecule has 0 saturated heterocycles. The van der Waals surface area contributed by atoms with Gasteiger partial charge in [-0.2, -0.15) is 0 Å². The Morgan fingerprint density at radius 2 is 1.83 bits per heavy atom. The summed E-state index contributed by atoms with van der Waals surface area (Å²) in [6.45, 7) is 4.01. The first-order chi connectivity index (χ1) is 8.58. The summed E-state index contributed by atoms with van der Waals surface area (Å²) in [5.74, 6) is 0.859. The zero-order valence-corrected chi connectivity index (χ0v) is 12.0. The molecule has 4 heteroatoms. The van der Waals surface area contributed by atoms with Gasteiger partial charge in [-0.05, 0) is 43.0 Å². The van der Waals surface area contributed by atoms with Gasteiger partial charge in [-0.25, -0.2) is 0 Å². The van der Waals surface area contributed by atoms with Crippen molar-refractivity contribution in [1.82, 2.24) is 0 Å². The normalized spacial score (nSPS) is 12.7. The van der Waals surface area contributed by atoms with E-state index in [1.807, 2.05) is 49.6 Å². The van der Waals surface area contributed by atoms with Gasteiger partial charge in [0.25, 0.3) is 0 Å². The van der Waals surface area contributed by atoms with Crippen LogP contribution in [0.15, 0.2) is 35.7 Å². The zero-order valence-electron chi connectivity index (χ0n) is 10.4. The first-order valence-corrected chi connectivity index (χ1v) is 7.09. The van der Waals surface area contributed by atoms with Crippen LogP contribution in [-0.2, 0) is 0 Å². The number of benzene rings is 1. The number of hydrogen-bond donors (Lipinski definition) is 1. The van der Waals surface area contributed by atoms with E-state index in [9.17, 15) is 0 Å². The first kappa shape index (κ1) is 13.4. The minimum atomic E-state index is -0.175. The monoisotopic (exact) mass is 281 g/mol. The summed E-state index contributed by atoms with van der Waals surface area (Å²) in [7, 11) is 0. The number of hydrogen-bond acceptors (Lipinski definition) is 3. The highest BCUT2D eigenvalue weighted by atomic mass is 35.5. The third-order valence-electron chi connectivity index (χ3n) is 2.54. The van der Waals surface area contributed by atoms with Crippen molar-refractivity contribution >= 4 is 22.9 Å². The highest BCUT2D eigenvalue weighted by molar-refractivity contribution is 7.10. The summed E-state index contributed by atoms with van der Waals surface area (Å²) >= 11 is 7.67. The first-order valence-electron chi connectivity index (χ1n) is 5.83.